The van der Waals surface area contributed by atoms with Crippen LogP contribution >= 0.6 is 0 Å². The van der Waals surface area contributed by atoms with E-state index in [-0.39, 0.29) is 24.9 Å². The molecule has 5 unspecified atom stereocenters. The largest absolute Gasteiger partial charge is 0.396 e. The van der Waals surface area contributed by atoms with E-state index >= 15 is 0 Å². The van der Waals surface area contributed by atoms with Crippen molar-refractivity contribution >= 4 is 0 Å². The molecule has 0 spiro atoms. The number of hydrogen-bond donors (Lipinski definition) is 1. The van der Waals surface area contributed by atoms with Gasteiger partial charge < -0.3 is 19.3 Å². The Morgan fingerprint density at radius 3 is 2.23 bits per heavy atom. The summed E-state index contributed by atoms with van der Waals surface area (Å²) in [7, 11) is 0. The van der Waals surface area contributed by atoms with E-state index in [9.17, 15) is 5.11 Å². The quantitative estimate of drug-likeness (QED) is 0.901. The minimum absolute atomic E-state index is 0.00242. The van der Waals surface area contributed by atoms with E-state index < -0.39 is 6.29 Å². The molecule has 4 nitrogen and oxygen atoms in total. The highest BCUT2D eigenvalue weighted by Crippen LogP contribution is 2.40. The maximum Gasteiger partial charge on any atom is 0.184 e. The van der Waals surface area contributed by atoms with Crippen LogP contribution in [0, 0.1) is 5.92 Å². The maximum atomic E-state index is 9.57. The lowest BCUT2D eigenvalue weighted by atomic mass is 9.87. The van der Waals surface area contributed by atoms with Gasteiger partial charge in [-0.15, -0.1) is 0 Å². The SMILES string of the molecule is OCCC1OC(c2ccccc2)OC2COC(c3ccccc3)CC1C2. The zero-order valence-corrected chi connectivity index (χ0v) is 14.9. The van der Waals surface area contributed by atoms with Gasteiger partial charge in [-0.25, -0.2) is 0 Å². The summed E-state index contributed by atoms with van der Waals surface area (Å²) in [5.41, 5.74) is 2.21. The molecular weight excluding hydrogens is 328 g/mol. The third-order valence-electron chi connectivity index (χ3n) is 5.36. The van der Waals surface area contributed by atoms with E-state index in [2.05, 4.69) is 12.1 Å². The van der Waals surface area contributed by atoms with Gasteiger partial charge in [0.15, 0.2) is 6.29 Å². The Morgan fingerprint density at radius 2 is 1.54 bits per heavy atom. The van der Waals surface area contributed by atoms with E-state index in [1.165, 1.54) is 5.56 Å². The van der Waals surface area contributed by atoms with Crippen LogP contribution in [0.25, 0.3) is 0 Å². The van der Waals surface area contributed by atoms with Gasteiger partial charge in [0.1, 0.15) is 0 Å². The van der Waals surface area contributed by atoms with E-state index in [4.69, 9.17) is 14.2 Å². The summed E-state index contributed by atoms with van der Waals surface area (Å²) in [5.74, 6) is 0.300. The van der Waals surface area contributed by atoms with Gasteiger partial charge in [-0.05, 0) is 30.7 Å². The predicted octanol–water partition coefficient (Wildman–Crippen LogP) is 4.02. The number of fused-ring (bicyclic) bond motifs is 2. The molecule has 0 amide bonds. The molecule has 0 aliphatic carbocycles. The average Bonchev–Trinajstić information content (AvgIpc) is 3.01. The summed E-state index contributed by atoms with van der Waals surface area (Å²) < 4.78 is 18.9. The summed E-state index contributed by atoms with van der Waals surface area (Å²) in [6.07, 6.45) is 2.01. The van der Waals surface area contributed by atoms with Gasteiger partial charge in [-0.2, -0.15) is 0 Å². The Morgan fingerprint density at radius 1 is 0.846 bits per heavy atom. The first-order valence-electron chi connectivity index (χ1n) is 9.46. The smallest absolute Gasteiger partial charge is 0.184 e. The molecular formula is C22H26O4. The Kier molecular flexibility index (Phi) is 5.65. The van der Waals surface area contributed by atoms with Gasteiger partial charge in [-0.1, -0.05) is 60.7 Å². The minimum atomic E-state index is -0.403. The van der Waals surface area contributed by atoms with Crippen molar-refractivity contribution in [1.82, 2.24) is 0 Å². The van der Waals surface area contributed by atoms with Crippen LogP contribution < -0.4 is 0 Å². The minimum Gasteiger partial charge on any atom is -0.396 e. The first-order chi connectivity index (χ1) is 12.8. The normalized spacial score (nSPS) is 31.8. The van der Waals surface area contributed by atoms with Crippen molar-refractivity contribution in [3.05, 3.63) is 71.8 Å². The molecule has 0 saturated carbocycles. The highest BCUT2D eigenvalue weighted by atomic mass is 16.7. The molecule has 2 saturated heterocycles. The number of ether oxygens (including phenoxy) is 3. The number of aliphatic hydroxyl groups is 1. The van der Waals surface area contributed by atoms with Gasteiger partial charge in [0.2, 0.25) is 0 Å². The van der Waals surface area contributed by atoms with E-state index in [1.807, 2.05) is 48.5 Å². The highest BCUT2D eigenvalue weighted by Gasteiger charge is 2.38. The van der Waals surface area contributed by atoms with E-state index in [0.717, 1.165) is 18.4 Å². The fourth-order valence-corrected chi connectivity index (χ4v) is 4.04. The average molecular weight is 354 g/mol. The summed E-state index contributed by atoms with van der Waals surface area (Å²) in [4.78, 5) is 0. The zero-order chi connectivity index (χ0) is 17.8. The fraction of sp³-hybridized carbons (Fsp3) is 0.455. The summed E-state index contributed by atoms with van der Waals surface area (Å²) in [6.45, 7) is 0.679. The molecule has 0 aromatic heterocycles. The van der Waals surface area contributed by atoms with Crippen LogP contribution in [0.1, 0.15) is 42.8 Å². The lowest BCUT2D eigenvalue weighted by molar-refractivity contribution is -0.202. The number of aliphatic hydroxyl groups excluding tert-OH is 1. The van der Waals surface area contributed by atoms with Gasteiger partial charge in [0, 0.05) is 12.2 Å². The van der Waals surface area contributed by atoms with Crippen LogP contribution in [0.2, 0.25) is 0 Å². The number of benzene rings is 2. The van der Waals surface area contributed by atoms with Crippen molar-refractivity contribution in [1.29, 1.82) is 0 Å². The second-order valence-electron chi connectivity index (χ2n) is 7.15. The molecule has 4 rings (SSSR count). The third-order valence-corrected chi connectivity index (χ3v) is 5.36. The zero-order valence-electron chi connectivity index (χ0n) is 14.9. The van der Waals surface area contributed by atoms with Crippen molar-refractivity contribution in [3.8, 4) is 0 Å². The molecule has 4 heteroatoms. The third kappa shape index (κ3) is 3.99. The standard InChI is InChI=1S/C22H26O4/c23-12-11-20-18-13-19(25-22(26-20)17-9-5-2-6-10-17)15-24-21(14-18)16-7-3-1-4-8-16/h1-10,18-23H,11-15H2. The summed E-state index contributed by atoms with van der Waals surface area (Å²) >= 11 is 0. The van der Waals surface area contributed by atoms with Crippen molar-refractivity contribution < 1.29 is 19.3 Å². The number of rotatable bonds is 4. The number of hydrogen-bond acceptors (Lipinski definition) is 4. The predicted molar refractivity (Wildman–Crippen MR) is 98.5 cm³/mol. The van der Waals surface area contributed by atoms with E-state index in [1.54, 1.807) is 0 Å². The molecule has 1 N–H and O–H groups in total. The van der Waals surface area contributed by atoms with Crippen molar-refractivity contribution in [3.63, 3.8) is 0 Å². The summed E-state index contributed by atoms with van der Waals surface area (Å²) in [5, 5.41) is 9.57. The molecule has 2 fully saturated rings. The molecule has 2 bridgehead atoms. The Balaban J connectivity index is 1.57. The van der Waals surface area contributed by atoms with Gasteiger partial charge in [0.05, 0.1) is 24.9 Å². The summed E-state index contributed by atoms with van der Waals surface area (Å²) in [6, 6.07) is 20.4. The lowest BCUT2D eigenvalue weighted by Crippen LogP contribution is -2.27. The molecule has 2 aromatic rings. The second kappa shape index (κ2) is 8.31. The van der Waals surface area contributed by atoms with Crippen LogP contribution in [0.4, 0.5) is 0 Å². The van der Waals surface area contributed by atoms with Crippen LogP contribution in [0.3, 0.4) is 0 Å². The molecule has 138 valence electrons. The van der Waals surface area contributed by atoms with Gasteiger partial charge >= 0.3 is 0 Å². The Bertz CT molecular complexity index is 675. The first kappa shape index (κ1) is 17.7. The highest BCUT2D eigenvalue weighted by molar-refractivity contribution is 5.19. The Labute approximate surface area is 154 Å². The first-order valence-corrected chi connectivity index (χ1v) is 9.46. The second-order valence-corrected chi connectivity index (χ2v) is 7.15. The van der Waals surface area contributed by atoms with Crippen LogP contribution in [-0.4, -0.2) is 30.5 Å². The topological polar surface area (TPSA) is 47.9 Å². The Hall–Kier alpha value is -1.72. The van der Waals surface area contributed by atoms with Crippen molar-refractivity contribution in [2.75, 3.05) is 13.2 Å². The van der Waals surface area contributed by atoms with Crippen molar-refractivity contribution in [2.24, 2.45) is 5.92 Å². The molecule has 5 atom stereocenters. The molecule has 2 heterocycles. The lowest BCUT2D eigenvalue weighted by Gasteiger charge is -2.29. The molecule has 2 aliphatic heterocycles. The molecule has 0 radical (unpaired) electrons. The molecule has 26 heavy (non-hydrogen) atoms. The van der Waals surface area contributed by atoms with Crippen molar-refractivity contribution in [2.45, 2.75) is 43.9 Å². The van der Waals surface area contributed by atoms with Crippen LogP contribution in [0.15, 0.2) is 60.7 Å². The fourth-order valence-electron chi connectivity index (χ4n) is 4.04. The van der Waals surface area contributed by atoms with Gasteiger partial charge in [-0.3, -0.25) is 0 Å². The molecule has 2 aliphatic rings. The molecule has 2 aromatic carbocycles. The maximum absolute atomic E-state index is 9.57. The van der Waals surface area contributed by atoms with E-state index in [0.29, 0.717) is 18.9 Å². The van der Waals surface area contributed by atoms with Crippen LogP contribution in [-0.2, 0) is 14.2 Å². The monoisotopic (exact) mass is 354 g/mol. The van der Waals surface area contributed by atoms with Crippen LogP contribution in [0.5, 0.6) is 0 Å². The van der Waals surface area contributed by atoms with Gasteiger partial charge in [0.25, 0.3) is 0 Å².